The molecule has 86 valence electrons. The Morgan fingerprint density at radius 3 is 2.62 bits per heavy atom. The van der Waals surface area contributed by atoms with Crippen LogP contribution in [0.4, 0.5) is 0 Å². The van der Waals surface area contributed by atoms with Crippen LogP contribution in [0.1, 0.15) is 18.4 Å². The molecule has 1 aliphatic rings. The molecule has 0 heterocycles. The first-order valence-corrected chi connectivity index (χ1v) is 5.33. The molecule has 0 saturated heterocycles. The summed E-state index contributed by atoms with van der Waals surface area (Å²) in [5.41, 5.74) is 5.54. The van der Waals surface area contributed by atoms with Gasteiger partial charge in [0.15, 0.2) is 0 Å². The first kappa shape index (κ1) is 11.2. The topological polar surface area (TPSA) is 83.6 Å². The molecule has 0 spiro atoms. The van der Waals surface area contributed by atoms with Crippen LogP contribution in [0.15, 0.2) is 18.2 Å². The van der Waals surface area contributed by atoms with Crippen molar-refractivity contribution in [2.24, 2.45) is 5.73 Å². The minimum absolute atomic E-state index is 0.0571. The minimum Gasteiger partial charge on any atom is -0.506 e. The average molecular weight is 242 g/mol. The Bertz CT molecular complexity index is 443. The maximum atomic E-state index is 10.9. The number of phenols is 1. The highest BCUT2D eigenvalue weighted by molar-refractivity contribution is 6.32. The van der Waals surface area contributed by atoms with Gasteiger partial charge in [0.1, 0.15) is 11.8 Å². The van der Waals surface area contributed by atoms with E-state index >= 15 is 0 Å². The monoisotopic (exact) mass is 241 g/mol. The average Bonchev–Trinajstić information content (AvgIpc) is 3.02. The number of halogens is 1. The molecule has 0 aliphatic heterocycles. The lowest BCUT2D eigenvalue weighted by atomic mass is 9.88. The Morgan fingerprint density at radius 2 is 2.12 bits per heavy atom. The van der Waals surface area contributed by atoms with Gasteiger partial charge in [-0.3, -0.25) is 4.79 Å². The van der Waals surface area contributed by atoms with Gasteiger partial charge >= 0.3 is 5.97 Å². The Labute approximate surface area is 97.6 Å². The largest absolute Gasteiger partial charge is 0.506 e. The molecule has 1 unspecified atom stereocenters. The number of phenolic OH excluding ortho intramolecular Hbond substituents is 1. The smallest absolute Gasteiger partial charge is 0.321 e. The number of hydrogen-bond acceptors (Lipinski definition) is 3. The van der Waals surface area contributed by atoms with Gasteiger partial charge in [0.05, 0.1) is 5.02 Å². The normalized spacial score (nSPS) is 19.1. The summed E-state index contributed by atoms with van der Waals surface area (Å²) in [6.07, 6.45) is 1.32. The van der Waals surface area contributed by atoms with Crippen LogP contribution in [0.3, 0.4) is 0 Å². The van der Waals surface area contributed by atoms with Crippen molar-refractivity contribution in [1.29, 1.82) is 0 Å². The molecular formula is C11H12ClNO3. The zero-order valence-corrected chi connectivity index (χ0v) is 9.24. The van der Waals surface area contributed by atoms with Crippen LogP contribution in [0.2, 0.25) is 5.02 Å². The standard InChI is InChI=1S/C11H12ClNO3/c12-7-3-1-2-6(8(7)14)11(4-5-11)9(13)10(15)16/h1-3,9,14H,4-5,13H2,(H,15,16). The highest BCUT2D eigenvalue weighted by Gasteiger charge is 2.53. The Kier molecular flexibility index (Phi) is 2.56. The summed E-state index contributed by atoms with van der Waals surface area (Å²) >= 11 is 5.79. The van der Waals surface area contributed by atoms with Gasteiger partial charge in [-0.1, -0.05) is 23.7 Å². The summed E-state index contributed by atoms with van der Waals surface area (Å²) in [7, 11) is 0. The van der Waals surface area contributed by atoms with Crippen LogP contribution >= 0.6 is 11.6 Å². The number of hydrogen-bond donors (Lipinski definition) is 3. The zero-order valence-electron chi connectivity index (χ0n) is 8.48. The van der Waals surface area contributed by atoms with Crippen LogP contribution < -0.4 is 5.73 Å². The van der Waals surface area contributed by atoms with Crippen molar-refractivity contribution in [3.05, 3.63) is 28.8 Å². The van der Waals surface area contributed by atoms with Crippen LogP contribution in [-0.2, 0) is 10.2 Å². The van der Waals surface area contributed by atoms with Gasteiger partial charge in [-0.25, -0.2) is 0 Å². The fraction of sp³-hybridized carbons (Fsp3) is 0.364. The zero-order chi connectivity index (χ0) is 11.9. The first-order valence-electron chi connectivity index (χ1n) is 4.95. The summed E-state index contributed by atoms with van der Waals surface area (Å²) in [4.78, 5) is 10.9. The molecule has 5 heteroatoms. The van der Waals surface area contributed by atoms with Gasteiger partial charge in [-0.15, -0.1) is 0 Å². The van der Waals surface area contributed by atoms with E-state index in [1.165, 1.54) is 0 Å². The van der Waals surface area contributed by atoms with Crippen LogP contribution in [-0.4, -0.2) is 22.2 Å². The van der Waals surface area contributed by atoms with Crippen molar-refractivity contribution in [2.45, 2.75) is 24.3 Å². The molecule has 0 aromatic heterocycles. The minimum atomic E-state index is -1.06. The lowest BCUT2D eigenvalue weighted by Crippen LogP contribution is -2.42. The quantitative estimate of drug-likeness (QED) is 0.749. The molecule has 1 saturated carbocycles. The van der Waals surface area contributed by atoms with E-state index in [1.807, 2.05) is 0 Å². The van der Waals surface area contributed by atoms with E-state index in [0.717, 1.165) is 0 Å². The molecule has 16 heavy (non-hydrogen) atoms. The highest BCUT2D eigenvalue weighted by atomic mass is 35.5. The summed E-state index contributed by atoms with van der Waals surface area (Å²) in [5.74, 6) is -1.12. The SMILES string of the molecule is NC(C(=O)O)C1(c2cccc(Cl)c2O)CC1. The molecule has 1 fully saturated rings. The summed E-state index contributed by atoms with van der Waals surface area (Å²) in [6.45, 7) is 0. The van der Waals surface area contributed by atoms with Gasteiger partial charge in [-0.05, 0) is 18.9 Å². The fourth-order valence-corrected chi connectivity index (χ4v) is 2.21. The fourth-order valence-electron chi connectivity index (χ4n) is 2.04. The number of carboxylic acid groups (broad SMARTS) is 1. The maximum Gasteiger partial charge on any atom is 0.321 e. The second-order valence-corrected chi connectivity index (χ2v) is 4.52. The summed E-state index contributed by atoms with van der Waals surface area (Å²) < 4.78 is 0. The number of carbonyl (C=O) groups is 1. The third kappa shape index (κ3) is 1.54. The van der Waals surface area contributed by atoms with E-state index in [-0.39, 0.29) is 10.8 Å². The van der Waals surface area contributed by atoms with Crippen molar-refractivity contribution in [3.63, 3.8) is 0 Å². The Hall–Kier alpha value is -1.26. The molecular weight excluding hydrogens is 230 g/mol. The second kappa shape index (κ2) is 3.64. The van der Waals surface area contributed by atoms with Gasteiger partial charge in [-0.2, -0.15) is 0 Å². The molecule has 1 aromatic rings. The lowest BCUT2D eigenvalue weighted by Gasteiger charge is -2.21. The number of benzene rings is 1. The molecule has 1 aliphatic carbocycles. The summed E-state index contributed by atoms with van der Waals surface area (Å²) in [5, 5.41) is 19.0. The number of para-hydroxylation sites is 1. The predicted octanol–water partition coefficient (Wildman–Crippen LogP) is 1.49. The van der Waals surface area contributed by atoms with Gasteiger partial charge in [0.2, 0.25) is 0 Å². The Balaban J connectivity index is 2.45. The van der Waals surface area contributed by atoms with Crippen molar-refractivity contribution in [1.82, 2.24) is 0 Å². The number of carboxylic acids is 1. The third-order valence-electron chi connectivity index (χ3n) is 3.17. The first-order chi connectivity index (χ1) is 7.49. The van der Waals surface area contributed by atoms with E-state index in [1.54, 1.807) is 18.2 Å². The predicted molar refractivity (Wildman–Crippen MR) is 59.6 cm³/mol. The highest BCUT2D eigenvalue weighted by Crippen LogP contribution is 2.54. The van der Waals surface area contributed by atoms with Crippen LogP contribution in [0.5, 0.6) is 5.75 Å². The number of aliphatic carboxylic acids is 1. The molecule has 4 nitrogen and oxygen atoms in total. The maximum absolute atomic E-state index is 10.9. The van der Waals surface area contributed by atoms with E-state index in [9.17, 15) is 9.90 Å². The Morgan fingerprint density at radius 1 is 1.50 bits per heavy atom. The van der Waals surface area contributed by atoms with Crippen molar-refractivity contribution in [2.75, 3.05) is 0 Å². The number of nitrogens with two attached hydrogens (primary N) is 1. The van der Waals surface area contributed by atoms with Gasteiger partial charge in [0.25, 0.3) is 0 Å². The molecule has 1 atom stereocenters. The number of rotatable bonds is 3. The van der Waals surface area contributed by atoms with E-state index < -0.39 is 17.4 Å². The van der Waals surface area contributed by atoms with E-state index in [2.05, 4.69) is 0 Å². The van der Waals surface area contributed by atoms with Gasteiger partial charge in [0, 0.05) is 11.0 Å². The molecule has 0 radical (unpaired) electrons. The molecule has 1 aromatic carbocycles. The third-order valence-corrected chi connectivity index (χ3v) is 3.48. The summed E-state index contributed by atoms with van der Waals surface area (Å²) in [6, 6.07) is 3.92. The van der Waals surface area contributed by atoms with Crippen LogP contribution in [0.25, 0.3) is 0 Å². The van der Waals surface area contributed by atoms with Crippen LogP contribution in [0, 0.1) is 0 Å². The van der Waals surface area contributed by atoms with Gasteiger partial charge < -0.3 is 15.9 Å². The number of aromatic hydroxyl groups is 1. The molecule has 4 N–H and O–H groups in total. The molecule has 0 amide bonds. The van der Waals surface area contributed by atoms with E-state index in [4.69, 9.17) is 22.4 Å². The van der Waals surface area contributed by atoms with E-state index in [0.29, 0.717) is 18.4 Å². The van der Waals surface area contributed by atoms with Crippen molar-refractivity contribution in [3.8, 4) is 5.75 Å². The molecule has 0 bridgehead atoms. The molecule has 2 rings (SSSR count). The second-order valence-electron chi connectivity index (χ2n) is 4.11. The van der Waals surface area contributed by atoms with Crippen molar-refractivity contribution < 1.29 is 15.0 Å². The lowest BCUT2D eigenvalue weighted by molar-refractivity contribution is -0.139. The van der Waals surface area contributed by atoms with Crippen molar-refractivity contribution >= 4 is 17.6 Å².